The van der Waals surface area contributed by atoms with E-state index in [4.69, 9.17) is 9.47 Å². The molecule has 1 unspecified atom stereocenters. The summed E-state index contributed by atoms with van der Waals surface area (Å²) in [6, 6.07) is 7.09. The molecule has 1 aromatic heterocycles. The Bertz CT molecular complexity index is 667. The van der Waals surface area contributed by atoms with Gasteiger partial charge in [0.2, 0.25) is 0 Å². The van der Waals surface area contributed by atoms with Crippen LogP contribution in [0, 0.1) is 0 Å². The second-order valence-electron chi connectivity index (χ2n) is 5.49. The Labute approximate surface area is 140 Å². The van der Waals surface area contributed by atoms with Gasteiger partial charge in [0.05, 0.1) is 25.6 Å². The summed E-state index contributed by atoms with van der Waals surface area (Å²) in [4.78, 5) is 20.5. The van der Waals surface area contributed by atoms with Gasteiger partial charge < -0.3 is 20.1 Å². The molecule has 126 valence electrons. The minimum absolute atomic E-state index is 0.227. The Morgan fingerprint density at radius 2 is 2.12 bits per heavy atom. The molecular formula is C17H20N4O3. The van der Waals surface area contributed by atoms with E-state index in [2.05, 4.69) is 20.6 Å². The standard InChI is InChI=1S/C17H20N4O3/c1-23-13-6-4-12(5-7-13)21-17(22)15-10-20-16(11-18-15)19-9-14-3-2-8-24-14/h4-7,10-11,14H,2-3,8-9H2,1H3,(H,19,20)(H,21,22). The molecule has 1 saturated heterocycles. The molecule has 24 heavy (non-hydrogen) atoms. The number of nitrogens with one attached hydrogen (secondary N) is 2. The number of benzene rings is 1. The van der Waals surface area contributed by atoms with Crippen molar-refractivity contribution in [2.75, 3.05) is 30.9 Å². The average Bonchev–Trinajstić information content (AvgIpc) is 3.14. The SMILES string of the molecule is COc1ccc(NC(=O)c2cnc(NCC3CCCO3)cn2)cc1. The van der Waals surface area contributed by atoms with Crippen molar-refractivity contribution in [1.82, 2.24) is 9.97 Å². The lowest BCUT2D eigenvalue weighted by molar-refractivity contribution is 0.102. The number of amides is 1. The zero-order chi connectivity index (χ0) is 16.8. The molecule has 1 aliphatic heterocycles. The van der Waals surface area contributed by atoms with Crippen molar-refractivity contribution < 1.29 is 14.3 Å². The van der Waals surface area contributed by atoms with Gasteiger partial charge in [-0.15, -0.1) is 0 Å². The molecule has 1 fully saturated rings. The van der Waals surface area contributed by atoms with Crippen LogP contribution in [0.1, 0.15) is 23.3 Å². The van der Waals surface area contributed by atoms with Crippen LogP contribution < -0.4 is 15.4 Å². The van der Waals surface area contributed by atoms with Gasteiger partial charge in [0, 0.05) is 18.8 Å². The van der Waals surface area contributed by atoms with Crippen LogP contribution in [0.4, 0.5) is 11.5 Å². The van der Waals surface area contributed by atoms with Crippen LogP contribution >= 0.6 is 0 Å². The summed E-state index contributed by atoms with van der Waals surface area (Å²) in [5, 5.41) is 5.94. The van der Waals surface area contributed by atoms with E-state index in [0.29, 0.717) is 18.1 Å². The fraction of sp³-hybridized carbons (Fsp3) is 0.353. The first-order valence-electron chi connectivity index (χ1n) is 7.87. The van der Waals surface area contributed by atoms with Crippen LogP contribution in [0.15, 0.2) is 36.7 Å². The predicted octanol–water partition coefficient (Wildman–Crippen LogP) is 2.33. The maximum atomic E-state index is 12.2. The zero-order valence-electron chi connectivity index (χ0n) is 13.5. The third-order valence-corrected chi connectivity index (χ3v) is 3.77. The summed E-state index contributed by atoms with van der Waals surface area (Å²) in [5.74, 6) is 1.05. The number of carbonyl (C=O) groups excluding carboxylic acids is 1. The summed E-state index contributed by atoms with van der Waals surface area (Å²) in [6.45, 7) is 1.52. The molecule has 0 aliphatic carbocycles. The van der Waals surface area contributed by atoms with Crippen molar-refractivity contribution >= 4 is 17.4 Å². The van der Waals surface area contributed by atoms with Crippen molar-refractivity contribution in [3.63, 3.8) is 0 Å². The number of hydrogen-bond acceptors (Lipinski definition) is 6. The first kappa shape index (κ1) is 16.2. The quantitative estimate of drug-likeness (QED) is 0.846. The highest BCUT2D eigenvalue weighted by Crippen LogP contribution is 2.16. The average molecular weight is 328 g/mol. The van der Waals surface area contributed by atoms with Crippen molar-refractivity contribution in [1.29, 1.82) is 0 Å². The molecule has 1 aromatic carbocycles. The topological polar surface area (TPSA) is 85.4 Å². The fourth-order valence-electron chi connectivity index (χ4n) is 2.43. The molecular weight excluding hydrogens is 308 g/mol. The van der Waals surface area contributed by atoms with Gasteiger partial charge in [-0.25, -0.2) is 9.97 Å². The van der Waals surface area contributed by atoms with Gasteiger partial charge in [-0.3, -0.25) is 4.79 Å². The van der Waals surface area contributed by atoms with Crippen molar-refractivity contribution in [3.8, 4) is 5.75 Å². The molecule has 0 bridgehead atoms. The Morgan fingerprint density at radius 3 is 2.75 bits per heavy atom. The van der Waals surface area contributed by atoms with Crippen molar-refractivity contribution in [2.45, 2.75) is 18.9 Å². The Kier molecular flexibility index (Phi) is 5.22. The number of methoxy groups -OCH3 is 1. The molecule has 0 saturated carbocycles. The predicted molar refractivity (Wildman–Crippen MR) is 90.4 cm³/mol. The second kappa shape index (κ2) is 7.74. The maximum absolute atomic E-state index is 12.2. The highest BCUT2D eigenvalue weighted by molar-refractivity contribution is 6.02. The molecule has 7 nitrogen and oxygen atoms in total. The largest absolute Gasteiger partial charge is 0.497 e. The third kappa shape index (κ3) is 4.20. The number of hydrogen-bond donors (Lipinski definition) is 2. The van der Waals surface area contributed by atoms with E-state index in [1.807, 2.05) is 0 Å². The van der Waals surface area contributed by atoms with Gasteiger partial charge in [0.25, 0.3) is 5.91 Å². The highest BCUT2D eigenvalue weighted by atomic mass is 16.5. The van der Waals surface area contributed by atoms with Gasteiger partial charge in [0.1, 0.15) is 17.3 Å². The molecule has 2 aromatic rings. The number of carbonyl (C=O) groups is 1. The minimum Gasteiger partial charge on any atom is -0.497 e. The molecule has 1 aliphatic rings. The molecule has 3 rings (SSSR count). The van der Waals surface area contributed by atoms with Gasteiger partial charge in [-0.2, -0.15) is 0 Å². The highest BCUT2D eigenvalue weighted by Gasteiger charge is 2.15. The molecule has 0 radical (unpaired) electrons. The molecule has 7 heteroatoms. The lowest BCUT2D eigenvalue weighted by Gasteiger charge is -2.11. The zero-order valence-corrected chi connectivity index (χ0v) is 13.5. The van der Waals surface area contributed by atoms with Gasteiger partial charge in [-0.1, -0.05) is 0 Å². The molecule has 2 N–H and O–H groups in total. The lowest BCUT2D eigenvalue weighted by Crippen LogP contribution is -2.19. The first-order valence-corrected chi connectivity index (χ1v) is 7.87. The van der Waals surface area contributed by atoms with E-state index in [1.54, 1.807) is 37.6 Å². The number of aromatic nitrogens is 2. The van der Waals surface area contributed by atoms with Crippen LogP contribution in [0.5, 0.6) is 5.75 Å². The molecule has 1 amide bonds. The Morgan fingerprint density at radius 1 is 1.29 bits per heavy atom. The van der Waals surface area contributed by atoms with E-state index >= 15 is 0 Å². The summed E-state index contributed by atoms with van der Waals surface area (Å²) in [6.07, 6.45) is 5.39. The monoisotopic (exact) mass is 328 g/mol. The molecule has 2 heterocycles. The number of rotatable bonds is 6. The summed E-state index contributed by atoms with van der Waals surface area (Å²) < 4.78 is 10.6. The molecule has 1 atom stereocenters. The summed E-state index contributed by atoms with van der Waals surface area (Å²) >= 11 is 0. The maximum Gasteiger partial charge on any atom is 0.275 e. The summed E-state index contributed by atoms with van der Waals surface area (Å²) in [7, 11) is 1.59. The summed E-state index contributed by atoms with van der Waals surface area (Å²) in [5.41, 5.74) is 0.927. The van der Waals surface area contributed by atoms with Gasteiger partial charge in [-0.05, 0) is 37.1 Å². The lowest BCUT2D eigenvalue weighted by atomic mass is 10.2. The number of nitrogens with zero attached hydrogens (tertiary/aromatic N) is 2. The number of ether oxygens (including phenoxy) is 2. The van der Waals surface area contributed by atoms with E-state index in [9.17, 15) is 4.79 Å². The third-order valence-electron chi connectivity index (χ3n) is 3.77. The normalized spacial score (nSPS) is 16.6. The van der Waals surface area contributed by atoms with Crippen molar-refractivity contribution in [3.05, 3.63) is 42.4 Å². The first-order chi connectivity index (χ1) is 11.7. The molecule has 0 spiro atoms. The van der Waals surface area contributed by atoms with Crippen LogP contribution in [-0.4, -0.2) is 42.2 Å². The van der Waals surface area contributed by atoms with Crippen LogP contribution in [0.2, 0.25) is 0 Å². The van der Waals surface area contributed by atoms with Crippen molar-refractivity contribution in [2.24, 2.45) is 0 Å². The van der Waals surface area contributed by atoms with Gasteiger partial charge >= 0.3 is 0 Å². The van der Waals surface area contributed by atoms with E-state index in [0.717, 1.165) is 25.2 Å². The fourth-order valence-corrected chi connectivity index (χ4v) is 2.43. The van der Waals surface area contributed by atoms with Crippen LogP contribution in [0.3, 0.4) is 0 Å². The smallest absolute Gasteiger partial charge is 0.275 e. The van der Waals surface area contributed by atoms with E-state index in [-0.39, 0.29) is 17.7 Å². The van der Waals surface area contributed by atoms with E-state index in [1.165, 1.54) is 6.20 Å². The Balaban J connectivity index is 1.54. The van der Waals surface area contributed by atoms with E-state index < -0.39 is 0 Å². The van der Waals surface area contributed by atoms with Crippen LogP contribution in [-0.2, 0) is 4.74 Å². The van der Waals surface area contributed by atoms with Gasteiger partial charge in [0.15, 0.2) is 0 Å². The minimum atomic E-state index is -0.307. The second-order valence-corrected chi connectivity index (χ2v) is 5.49. The van der Waals surface area contributed by atoms with Crippen LogP contribution in [0.25, 0.3) is 0 Å². The Hall–Kier alpha value is -2.67. The number of anilines is 2.